The van der Waals surface area contributed by atoms with Crippen molar-refractivity contribution < 1.29 is 19.4 Å². The van der Waals surface area contributed by atoms with Crippen LogP contribution in [0.1, 0.15) is 54.9 Å². The molecule has 1 fully saturated rings. The number of carbonyl (C=O) groups excluding carboxylic acids is 1. The summed E-state index contributed by atoms with van der Waals surface area (Å²) in [5.41, 5.74) is -2.13. The quantitative estimate of drug-likeness (QED) is 0.866. The standard InChI is InChI=1S/C17H28O4/c1-9(2)20-13-14(18)16(7)11(5)8-12(6)17(16,19)15(13)21-10(3)4/h9-12,19H,8H2,1-7H3/t11-,12-,16-,17-/m1/s1. The molecule has 0 aromatic carbocycles. The molecule has 0 bridgehead atoms. The minimum Gasteiger partial charge on any atom is -0.488 e. The number of rotatable bonds is 4. The minimum absolute atomic E-state index is 0.0385. The van der Waals surface area contributed by atoms with Crippen molar-refractivity contribution in [2.45, 2.75) is 72.7 Å². The summed E-state index contributed by atoms with van der Waals surface area (Å²) in [5, 5.41) is 11.4. The molecule has 0 radical (unpaired) electrons. The van der Waals surface area contributed by atoms with Gasteiger partial charge in [-0.3, -0.25) is 4.79 Å². The van der Waals surface area contributed by atoms with Crippen LogP contribution in [0.4, 0.5) is 0 Å². The lowest BCUT2D eigenvalue weighted by atomic mass is 9.70. The summed E-state index contributed by atoms with van der Waals surface area (Å²) >= 11 is 0. The largest absolute Gasteiger partial charge is 0.488 e. The van der Waals surface area contributed by atoms with E-state index in [2.05, 4.69) is 0 Å². The van der Waals surface area contributed by atoms with Gasteiger partial charge in [0.05, 0.1) is 17.6 Å². The minimum atomic E-state index is -1.27. The molecule has 1 saturated carbocycles. The molecule has 4 heteroatoms. The van der Waals surface area contributed by atoms with E-state index in [9.17, 15) is 9.90 Å². The van der Waals surface area contributed by atoms with Crippen molar-refractivity contribution in [1.29, 1.82) is 0 Å². The molecule has 4 nitrogen and oxygen atoms in total. The van der Waals surface area contributed by atoms with Crippen molar-refractivity contribution in [2.24, 2.45) is 17.3 Å². The maximum absolute atomic E-state index is 13.0. The summed E-state index contributed by atoms with van der Waals surface area (Å²) in [4.78, 5) is 13.0. The number of fused-ring (bicyclic) bond motifs is 1. The zero-order chi connectivity index (χ0) is 16.2. The van der Waals surface area contributed by atoms with E-state index in [-0.39, 0.29) is 35.6 Å². The lowest BCUT2D eigenvalue weighted by molar-refractivity contribution is -0.141. The number of ether oxygens (including phenoxy) is 2. The summed E-state index contributed by atoms with van der Waals surface area (Å²) in [6.07, 6.45) is 0.554. The van der Waals surface area contributed by atoms with E-state index in [4.69, 9.17) is 9.47 Å². The monoisotopic (exact) mass is 296 g/mol. The third-order valence-corrected chi connectivity index (χ3v) is 5.14. The van der Waals surface area contributed by atoms with E-state index in [1.165, 1.54) is 0 Å². The van der Waals surface area contributed by atoms with Crippen LogP contribution in [0.5, 0.6) is 0 Å². The number of hydrogen-bond acceptors (Lipinski definition) is 4. The Kier molecular flexibility index (Phi) is 3.90. The molecule has 0 unspecified atom stereocenters. The van der Waals surface area contributed by atoms with E-state index in [1.807, 2.05) is 48.5 Å². The molecule has 0 spiro atoms. The van der Waals surface area contributed by atoms with Crippen LogP contribution in [0.3, 0.4) is 0 Å². The number of allylic oxidation sites excluding steroid dienone is 1. The highest BCUT2D eigenvalue weighted by Gasteiger charge is 2.71. The van der Waals surface area contributed by atoms with Crippen molar-refractivity contribution in [3.63, 3.8) is 0 Å². The number of Topliss-reactive ketones (excluding diaryl/α,β-unsaturated/α-hetero) is 1. The third kappa shape index (κ3) is 2.02. The van der Waals surface area contributed by atoms with Crippen molar-refractivity contribution in [1.82, 2.24) is 0 Å². The maximum atomic E-state index is 13.0. The second-order valence-corrected chi connectivity index (χ2v) is 7.33. The van der Waals surface area contributed by atoms with Gasteiger partial charge in [-0.1, -0.05) is 13.8 Å². The lowest BCUT2D eigenvalue weighted by Crippen LogP contribution is -2.49. The Hall–Kier alpha value is -1.03. The van der Waals surface area contributed by atoms with Crippen LogP contribution >= 0.6 is 0 Å². The molecule has 0 amide bonds. The van der Waals surface area contributed by atoms with Crippen molar-refractivity contribution in [3.8, 4) is 0 Å². The van der Waals surface area contributed by atoms with Crippen molar-refractivity contribution in [2.75, 3.05) is 0 Å². The van der Waals surface area contributed by atoms with E-state index < -0.39 is 11.0 Å². The number of aliphatic hydroxyl groups is 1. The lowest BCUT2D eigenvalue weighted by Gasteiger charge is -2.38. The molecule has 2 aliphatic carbocycles. The van der Waals surface area contributed by atoms with Gasteiger partial charge in [0.15, 0.2) is 5.76 Å². The van der Waals surface area contributed by atoms with E-state index in [0.717, 1.165) is 6.42 Å². The van der Waals surface area contributed by atoms with Gasteiger partial charge in [-0.05, 0) is 52.9 Å². The van der Waals surface area contributed by atoms with Gasteiger partial charge in [-0.25, -0.2) is 0 Å². The van der Waals surface area contributed by atoms with Crippen LogP contribution in [0.2, 0.25) is 0 Å². The number of ketones is 1. The second kappa shape index (κ2) is 5.01. The van der Waals surface area contributed by atoms with Gasteiger partial charge in [-0.15, -0.1) is 0 Å². The zero-order valence-electron chi connectivity index (χ0n) is 14.2. The van der Waals surface area contributed by atoms with Gasteiger partial charge >= 0.3 is 0 Å². The average Bonchev–Trinajstić information content (AvgIpc) is 2.63. The van der Waals surface area contributed by atoms with Crippen LogP contribution in [-0.4, -0.2) is 28.7 Å². The first kappa shape index (κ1) is 16.3. The first-order valence-corrected chi connectivity index (χ1v) is 7.92. The Balaban J connectivity index is 2.60. The second-order valence-electron chi connectivity index (χ2n) is 7.33. The number of hydrogen-bond donors (Lipinski definition) is 1. The predicted octanol–water partition coefficient (Wildman–Crippen LogP) is 3.04. The molecule has 0 heterocycles. The molecule has 0 aromatic rings. The fraction of sp³-hybridized carbons (Fsp3) is 0.824. The Morgan fingerprint density at radius 1 is 1.10 bits per heavy atom. The molecule has 120 valence electrons. The van der Waals surface area contributed by atoms with Crippen LogP contribution in [0.15, 0.2) is 11.5 Å². The van der Waals surface area contributed by atoms with E-state index in [0.29, 0.717) is 5.76 Å². The van der Waals surface area contributed by atoms with E-state index >= 15 is 0 Å². The summed E-state index contributed by atoms with van der Waals surface area (Å²) < 4.78 is 11.6. The summed E-state index contributed by atoms with van der Waals surface area (Å²) in [7, 11) is 0. The average molecular weight is 296 g/mol. The zero-order valence-corrected chi connectivity index (χ0v) is 14.2. The molecule has 1 N–H and O–H groups in total. The molecular formula is C17H28O4. The molecule has 4 atom stereocenters. The van der Waals surface area contributed by atoms with Gasteiger partial charge < -0.3 is 14.6 Å². The summed E-state index contributed by atoms with van der Waals surface area (Å²) in [5.74, 6) is 0.497. The highest BCUT2D eigenvalue weighted by Crippen LogP contribution is 2.62. The molecular weight excluding hydrogens is 268 g/mol. The fourth-order valence-corrected chi connectivity index (χ4v) is 3.91. The first-order valence-electron chi connectivity index (χ1n) is 7.92. The van der Waals surface area contributed by atoms with Gasteiger partial charge in [0.1, 0.15) is 5.60 Å². The molecule has 0 aromatic heterocycles. The van der Waals surface area contributed by atoms with Crippen LogP contribution in [-0.2, 0) is 14.3 Å². The van der Waals surface area contributed by atoms with Crippen LogP contribution in [0, 0.1) is 17.3 Å². The number of carbonyl (C=O) groups is 1. The van der Waals surface area contributed by atoms with Gasteiger partial charge in [0.2, 0.25) is 11.5 Å². The molecule has 2 aliphatic rings. The normalized spacial score (nSPS) is 39.4. The third-order valence-electron chi connectivity index (χ3n) is 5.14. The maximum Gasteiger partial charge on any atom is 0.210 e. The smallest absolute Gasteiger partial charge is 0.210 e. The van der Waals surface area contributed by atoms with E-state index in [1.54, 1.807) is 0 Å². The molecule has 21 heavy (non-hydrogen) atoms. The molecule has 0 saturated heterocycles. The van der Waals surface area contributed by atoms with Crippen molar-refractivity contribution >= 4 is 5.78 Å². The Bertz CT molecular complexity index is 479. The predicted molar refractivity (Wildman–Crippen MR) is 80.5 cm³/mol. The topological polar surface area (TPSA) is 55.8 Å². The van der Waals surface area contributed by atoms with Gasteiger partial charge in [0.25, 0.3) is 0 Å². The van der Waals surface area contributed by atoms with Crippen LogP contribution in [0.25, 0.3) is 0 Å². The Labute approximate surface area is 127 Å². The fourth-order valence-electron chi connectivity index (χ4n) is 3.91. The highest BCUT2D eigenvalue weighted by molar-refractivity contribution is 6.04. The highest BCUT2D eigenvalue weighted by atomic mass is 16.5. The SMILES string of the molecule is CC(C)OC1=C(OC(C)C)[C@]2(O)[C@H](C)C[C@@H](C)[C@]2(C)C1=O. The van der Waals surface area contributed by atoms with Crippen LogP contribution < -0.4 is 0 Å². The Morgan fingerprint density at radius 3 is 2.10 bits per heavy atom. The van der Waals surface area contributed by atoms with Gasteiger partial charge in [0, 0.05) is 0 Å². The Morgan fingerprint density at radius 2 is 1.62 bits per heavy atom. The summed E-state index contributed by atoms with van der Waals surface area (Å²) in [6.45, 7) is 13.4. The van der Waals surface area contributed by atoms with Gasteiger partial charge in [-0.2, -0.15) is 0 Å². The van der Waals surface area contributed by atoms with Crippen molar-refractivity contribution in [3.05, 3.63) is 11.5 Å². The first-order chi connectivity index (χ1) is 9.56. The molecule has 0 aliphatic heterocycles. The summed E-state index contributed by atoms with van der Waals surface area (Å²) in [6, 6.07) is 0. The molecule has 2 rings (SSSR count).